The first kappa shape index (κ1) is 13.6. The average molecular weight is 277 g/mol. The normalized spacial score (nSPS) is 20.5. The summed E-state index contributed by atoms with van der Waals surface area (Å²) in [4.78, 5) is 14.5. The maximum absolute atomic E-state index is 12.7. The molecular formula is C19H19NO. The maximum atomic E-state index is 12.7. The van der Waals surface area contributed by atoms with Gasteiger partial charge in [-0.15, -0.1) is 0 Å². The lowest BCUT2D eigenvalue weighted by Gasteiger charge is -2.24. The van der Waals surface area contributed by atoms with Crippen molar-refractivity contribution in [3.05, 3.63) is 72.3 Å². The van der Waals surface area contributed by atoms with Crippen LogP contribution in [0.3, 0.4) is 0 Å². The lowest BCUT2D eigenvalue weighted by molar-refractivity contribution is -0.122. The number of fused-ring (bicyclic) bond motifs is 1. The smallest absolute Gasteiger partial charge is 0.237 e. The molecule has 21 heavy (non-hydrogen) atoms. The lowest BCUT2D eigenvalue weighted by atomic mass is 9.77. The summed E-state index contributed by atoms with van der Waals surface area (Å²) >= 11 is 0. The average Bonchev–Trinajstić information content (AvgIpc) is 2.71. The van der Waals surface area contributed by atoms with Crippen LogP contribution in [0.5, 0.6) is 0 Å². The summed E-state index contributed by atoms with van der Waals surface area (Å²) in [6, 6.07) is 18.1. The monoisotopic (exact) mass is 277 g/mol. The zero-order chi connectivity index (χ0) is 15.0. The zero-order valence-corrected chi connectivity index (χ0v) is 12.5. The molecule has 0 spiro atoms. The minimum Gasteiger partial charge on any atom is -0.314 e. The highest BCUT2D eigenvalue weighted by Gasteiger charge is 2.45. The molecule has 2 aromatic rings. The SMILES string of the molecule is C=C(C[C@]1(C)C(=O)N(C)c2ccccc21)c1ccccc1. The van der Waals surface area contributed by atoms with E-state index >= 15 is 0 Å². The number of hydrogen-bond donors (Lipinski definition) is 0. The molecule has 3 rings (SSSR count). The zero-order valence-electron chi connectivity index (χ0n) is 12.5. The number of allylic oxidation sites excluding steroid dienone is 1. The summed E-state index contributed by atoms with van der Waals surface area (Å²) in [5, 5.41) is 0. The van der Waals surface area contributed by atoms with Crippen LogP contribution in [-0.2, 0) is 10.2 Å². The number of anilines is 1. The molecule has 2 heteroatoms. The predicted molar refractivity (Wildman–Crippen MR) is 87.3 cm³/mol. The number of carbonyl (C=O) groups is 1. The molecular weight excluding hydrogens is 258 g/mol. The highest BCUT2D eigenvalue weighted by molar-refractivity contribution is 6.08. The second kappa shape index (κ2) is 4.88. The largest absolute Gasteiger partial charge is 0.314 e. The Hall–Kier alpha value is -2.35. The Morgan fingerprint density at radius 2 is 1.71 bits per heavy atom. The molecule has 2 aromatic carbocycles. The van der Waals surface area contributed by atoms with Crippen LogP contribution in [0.4, 0.5) is 5.69 Å². The molecule has 1 atom stereocenters. The number of para-hydroxylation sites is 1. The minimum atomic E-state index is -0.529. The molecule has 0 saturated heterocycles. The van der Waals surface area contributed by atoms with Crippen molar-refractivity contribution in [1.82, 2.24) is 0 Å². The number of rotatable bonds is 3. The Morgan fingerprint density at radius 1 is 1.10 bits per heavy atom. The van der Waals surface area contributed by atoms with E-state index in [4.69, 9.17) is 0 Å². The number of benzene rings is 2. The van der Waals surface area contributed by atoms with Gasteiger partial charge in [-0.1, -0.05) is 55.1 Å². The van der Waals surface area contributed by atoms with E-state index < -0.39 is 5.41 Å². The van der Waals surface area contributed by atoms with Crippen LogP contribution in [0.2, 0.25) is 0 Å². The first-order chi connectivity index (χ1) is 10.0. The van der Waals surface area contributed by atoms with Gasteiger partial charge in [0.25, 0.3) is 0 Å². The molecule has 0 fully saturated rings. The standard InChI is InChI=1S/C19H19NO/c1-14(15-9-5-4-6-10-15)13-19(2)16-11-7-8-12-17(16)20(3)18(19)21/h4-12H,1,13H2,2-3H3/t19-/m0/s1. The van der Waals surface area contributed by atoms with Crippen LogP contribution < -0.4 is 4.90 Å². The molecule has 0 bridgehead atoms. The van der Waals surface area contributed by atoms with Crippen LogP contribution in [0.15, 0.2) is 61.2 Å². The Labute approximate surface area is 125 Å². The lowest BCUT2D eigenvalue weighted by Crippen LogP contribution is -2.36. The summed E-state index contributed by atoms with van der Waals surface area (Å²) in [6.07, 6.45) is 0.636. The Kier molecular flexibility index (Phi) is 3.17. The summed E-state index contributed by atoms with van der Waals surface area (Å²) < 4.78 is 0. The van der Waals surface area contributed by atoms with Gasteiger partial charge in [0, 0.05) is 12.7 Å². The van der Waals surface area contributed by atoms with E-state index in [-0.39, 0.29) is 5.91 Å². The van der Waals surface area contributed by atoms with Crippen LogP contribution >= 0.6 is 0 Å². The van der Waals surface area contributed by atoms with Gasteiger partial charge in [0.05, 0.1) is 5.41 Å². The number of hydrogen-bond acceptors (Lipinski definition) is 1. The van der Waals surface area contributed by atoms with Crippen molar-refractivity contribution in [3.63, 3.8) is 0 Å². The van der Waals surface area contributed by atoms with Crippen molar-refractivity contribution in [2.45, 2.75) is 18.8 Å². The van der Waals surface area contributed by atoms with Crippen molar-refractivity contribution in [3.8, 4) is 0 Å². The quantitative estimate of drug-likeness (QED) is 0.829. The van der Waals surface area contributed by atoms with Gasteiger partial charge in [-0.2, -0.15) is 0 Å². The summed E-state index contributed by atoms with van der Waals surface area (Å²) in [5.74, 6) is 0.140. The fraction of sp³-hybridized carbons (Fsp3) is 0.211. The van der Waals surface area contributed by atoms with E-state index in [1.165, 1.54) is 0 Å². The van der Waals surface area contributed by atoms with E-state index in [1.807, 2.05) is 62.5 Å². The van der Waals surface area contributed by atoms with E-state index in [0.717, 1.165) is 22.4 Å². The third-order valence-corrected chi connectivity index (χ3v) is 4.39. The molecule has 1 amide bonds. The molecule has 0 saturated carbocycles. The molecule has 0 unspecified atom stereocenters. The first-order valence-electron chi connectivity index (χ1n) is 7.15. The van der Waals surface area contributed by atoms with Crippen molar-refractivity contribution in [2.24, 2.45) is 0 Å². The number of likely N-dealkylation sites (N-methyl/N-ethyl adjacent to an activating group) is 1. The van der Waals surface area contributed by atoms with Gasteiger partial charge in [0.1, 0.15) is 0 Å². The van der Waals surface area contributed by atoms with Crippen molar-refractivity contribution >= 4 is 17.2 Å². The third kappa shape index (κ3) is 2.07. The van der Waals surface area contributed by atoms with Gasteiger partial charge >= 0.3 is 0 Å². The first-order valence-corrected chi connectivity index (χ1v) is 7.15. The molecule has 1 aliphatic heterocycles. The molecule has 1 heterocycles. The Morgan fingerprint density at radius 3 is 2.43 bits per heavy atom. The summed E-state index contributed by atoms with van der Waals surface area (Å²) in [6.45, 7) is 6.21. The van der Waals surface area contributed by atoms with Crippen LogP contribution in [0.25, 0.3) is 5.57 Å². The fourth-order valence-electron chi connectivity index (χ4n) is 3.20. The molecule has 2 nitrogen and oxygen atoms in total. The van der Waals surface area contributed by atoms with E-state index in [1.54, 1.807) is 4.90 Å². The molecule has 106 valence electrons. The van der Waals surface area contributed by atoms with E-state index in [9.17, 15) is 4.79 Å². The van der Waals surface area contributed by atoms with Gasteiger partial charge in [-0.25, -0.2) is 0 Å². The Balaban J connectivity index is 1.98. The van der Waals surface area contributed by atoms with Gasteiger partial charge in [0.2, 0.25) is 5.91 Å². The number of amides is 1. The predicted octanol–water partition coefficient (Wildman–Crippen LogP) is 4.02. The van der Waals surface area contributed by atoms with Crippen molar-refractivity contribution < 1.29 is 4.79 Å². The highest BCUT2D eigenvalue weighted by atomic mass is 16.2. The highest BCUT2D eigenvalue weighted by Crippen LogP contribution is 2.45. The van der Waals surface area contributed by atoms with Crippen LogP contribution in [-0.4, -0.2) is 13.0 Å². The number of nitrogens with zero attached hydrogens (tertiary/aromatic N) is 1. The van der Waals surface area contributed by atoms with Gasteiger partial charge in [0.15, 0.2) is 0 Å². The van der Waals surface area contributed by atoms with Crippen LogP contribution in [0.1, 0.15) is 24.5 Å². The maximum Gasteiger partial charge on any atom is 0.237 e. The Bertz CT molecular complexity index is 705. The summed E-state index contributed by atoms with van der Waals surface area (Å²) in [5.41, 5.74) is 3.66. The molecule has 0 radical (unpaired) electrons. The van der Waals surface area contributed by atoms with Gasteiger partial charge in [-0.05, 0) is 36.1 Å². The molecule has 0 N–H and O–H groups in total. The third-order valence-electron chi connectivity index (χ3n) is 4.39. The topological polar surface area (TPSA) is 20.3 Å². The molecule has 0 aromatic heterocycles. The van der Waals surface area contributed by atoms with Crippen molar-refractivity contribution in [2.75, 3.05) is 11.9 Å². The second-order valence-corrected chi connectivity index (χ2v) is 5.86. The van der Waals surface area contributed by atoms with E-state index in [0.29, 0.717) is 6.42 Å². The van der Waals surface area contributed by atoms with E-state index in [2.05, 4.69) is 12.6 Å². The van der Waals surface area contributed by atoms with Crippen LogP contribution in [0, 0.1) is 0 Å². The summed E-state index contributed by atoms with van der Waals surface area (Å²) in [7, 11) is 1.84. The van der Waals surface area contributed by atoms with Gasteiger partial charge < -0.3 is 4.90 Å². The fourth-order valence-corrected chi connectivity index (χ4v) is 3.20. The molecule has 0 aliphatic carbocycles. The van der Waals surface area contributed by atoms with Gasteiger partial charge in [-0.3, -0.25) is 4.79 Å². The van der Waals surface area contributed by atoms with Crippen molar-refractivity contribution in [1.29, 1.82) is 0 Å². The second-order valence-electron chi connectivity index (χ2n) is 5.86. The number of carbonyl (C=O) groups excluding carboxylic acids is 1. The minimum absolute atomic E-state index is 0.140. The molecule has 1 aliphatic rings.